The van der Waals surface area contributed by atoms with Crippen molar-refractivity contribution < 1.29 is 9.15 Å². The van der Waals surface area contributed by atoms with Crippen LogP contribution in [0.5, 0.6) is 0 Å². The maximum atomic E-state index is 4.66. The summed E-state index contributed by atoms with van der Waals surface area (Å²) in [5.41, 5.74) is 1.06. The van der Waals surface area contributed by atoms with Gasteiger partial charge in [0, 0.05) is 19.0 Å². The molecule has 0 N–H and O–H groups in total. The van der Waals surface area contributed by atoms with E-state index in [0.29, 0.717) is 0 Å². The first-order chi connectivity index (χ1) is 11.2. The van der Waals surface area contributed by atoms with Gasteiger partial charge in [-0.3, -0.25) is 4.98 Å². The van der Waals surface area contributed by atoms with Crippen LogP contribution in [-0.2, 0) is 5.53 Å². The number of fused-ring (bicyclic) bond motifs is 2. The second-order valence-corrected chi connectivity index (χ2v) is 9.10. The van der Waals surface area contributed by atoms with Gasteiger partial charge in [0.05, 0.1) is 18.3 Å². The van der Waals surface area contributed by atoms with Crippen LogP contribution in [0.15, 0.2) is 6.20 Å². The van der Waals surface area contributed by atoms with E-state index in [-0.39, 0.29) is 5.53 Å². The van der Waals surface area contributed by atoms with Gasteiger partial charge in [0.2, 0.25) is 12.0 Å². The van der Waals surface area contributed by atoms with E-state index in [2.05, 4.69) is 61.4 Å². The highest BCUT2D eigenvalue weighted by Gasteiger charge is 2.66. The predicted molar refractivity (Wildman–Crippen MR) is 88.9 cm³/mol. The van der Waals surface area contributed by atoms with E-state index in [1.807, 2.05) is 0 Å². The predicted octanol–water partition coefficient (Wildman–Crippen LogP) is 1.86. The lowest BCUT2D eigenvalue weighted by atomic mass is 10.2. The Balaban J connectivity index is 1.86. The second kappa shape index (κ2) is 4.60. The zero-order valence-corrected chi connectivity index (χ0v) is 14.5. The minimum atomic E-state index is -0.532. The molecular weight excluding hydrogens is 307 g/mol. The maximum Gasteiger partial charge on any atom is 0.482 e. The van der Waals surface area contributed by atoms with Crippen LogP contribution in [0.25, 0.3) is 0 Å². The normalized spacial score (nSPS) is 26.3. The van der Waals surface area contributed by atoms with Gasteiger partial charge in [0.15, 0.2) is 19.3 Å². The lowest BCUT2D eigenvalue weighted by Gasteiger charge is -2.23. The molecule has 2 atom stereocenters. The summed E-state index contributed by atoms with van der Waals surface area (Å²) in [6, 6.07) is 0. The molecule has 3 aliphatic rings. The molecule has 5 heterocycles. The van der Waals surface area contributed by atoms with Crippen molar-refractivity contribution in [2.24, 2.45) is 0 Å². The first kappa shape index (κ1) is 13.6. The number of hydrogen-bond donors (Lipinski definition) is 0. The Hall–Kier alpha value is -1.81. The molecule has 0 amide bonds. The fourth-order valence-electron chi connectivity index (χ4n) is 4.37. The minimum absolute atomic E-state index is 0.196. The lowest BCUT2D eigenvalue weighted by Crippen LogP contribution is -2.48. The summed E-state index contributed by atoms with van der Waals surface area (Å²) in [7, 11) is -0.532. The van der Waals surface area contributed by atoms with Gasteiger partial charge in [-0.25, -0.2) is 0 Å². The topological polar surface area (TPSA) is 49.6 Å². The van der Waals surface area contributed by atoms with Crippen LogP contribution in [0.3, 0.4) is 0 Å². The molecule has 0 aromatic carbocycles. The highest BCUT2D eigenvalue weighted by atomic mass is 31.1. The lowest BCUT2D eigenvalue weighted by molar-refractivity contribution is -0.820. The maximum absolute atomic E-state index is 4.66. The van der Waals surface area contributed by atoms with Gasteiger partial charge in [0.1, 0.15) is 5.82 Å². The van der Waals surface area contributed by atoms with Gasteiger partial charge < -0.3 is 0 Å². The Morgan fingerprint density at radius 1 is 1.04 bits per heavy atom. The summed E-state index contributed by atoms with van der Waals surface area (Å²) >= 11 is 0. The Bertz CT molecular complexity index is 799. The largest absolute Gasteiger partial charge is 0.482 e. The average Bonchev–Trinajstić information content (AvgIpc) is 3.22. The highest BCUT2D eigenvalue weighted by Crippen LogP contribution is 2.57. The summed E-state index contributed by atoms with van der Waals surface area (Å²) < 4.78 is 7.45. The van der Waals surface area contributed by atoms with Crippen molar-refractivity contribution >= 4 is 20.0 Å². The number of aryl methyl sites for hydroxylation is 2. The van der Waals surface area contributed by atoms with Crippen LogP contribution >= 0.6 is 7.53 Å². The molecule has 1 saturated heterocycles. The zero-order chi connectivity index (χ0) is 15.6. The molecule has 2 aromatic rings. The Kier molecular flexibility index (Phi) is 2.72. The van der Waals surface area contributed by atoms with E-state index in [4.69, 9.17) is 0 Å². The van der Waals surface area contributed by atoms with Crippen molar-refractivity contribution in [3.8, 4) is 0 Å². The number of hydrogen-bond acceptors (Lipinski definition) is 3. The fraction of sp³-hybridized carbons (Fsp3) is 0.562. The SMILES string of the molecule is Cc1nnc2n1C13[N+](=C2)CCCCCC[N+]1=Cc1cnc(C)p13. The Labute approximate surface area is 136 Å². The molecule has 7 heteroatoms. The summed E-state index contributed by atoms with van der Waals surface area (Å²) in [5.74, 6) is 1.99. The number of rotatable bonds is 0. The number of aromatic nitrogens is 4. The second-order valence-electron chi connectivity index (χ2n) is 6.67. The average molecular weight is 328 g/mol. The molecule has 118 valence electrons. The summed E-state index contributed by atoms with van der Waals surface area (Å²) in [6.45, 7) is 6.42. The quantitative estimate of drug-likeness (QED) is 0.694. The Morgan fingerprint density at radius 3 is 2.57 bits per heavy atom. The van der Waals surface area contributed by atoms with Gasteiger partial charge in [-0.1, -0.05) is 0 Å². The Morgan fingerprint density at radius 2 is 1.78 bits per heavy atom. The number of nitrogens with zero attached hydrogens (tertiary/aromatic N) is 6. The van der Waals surface area contributed by atoms with Crippen molar-refractivity contribution in [1.82, 2.24) is 19.7 Å². The molecule has 5 rings (SSSR count). The molecule has 2 aromatic heterocycles. The van der Waals surface area contributed by atoms with E-state index in [0.717, 1.165) is 24.7 Å². The van der Waals surface area contributed by atoms with Crippen molar-refractivity contribution in [2.45, 2.75) is 45.1 Å². The first-order valence-corrected chi connectivity index (χ1v) is 9.77. The van der Waals surface area contributed by atoms with Gasteiger partial charge >= 0.3 is 5.53 Å². The van der Waals surface area contributed by atoms with Crippen LogP contribution < -0.4 is 0 Å². The summed E-state index contributed by atoms with van der Waals surface area (Å²) in [5, 5.41) is 10.2. The molecule has 0 bridgehead atoms. The van der Waals surface area contributed by atoms with E-state index in [1.165, 1.54) is 36.4 Å². The van der Waals surface area contributed by atoms with Crippen molar-refractivity contribution in [1.29, 1.82) is 0 Å². The molecule has 1 fully saturated rings. The van der Waals surface area contributed by atoms with Crippen LogP contribution in [0, 0.1) is 13.8 Å². The molecule has 0 radical (unpaired) electrons. The molecule has 6 nitrogen and oxygen atoms in total. The molecule has 0 aliphatic carbocycles. The van der Waals surface area contributed by atoms with Gasteiger partial charge in [-0.05, 0) is 26.7 Å². The fourth-order valence-corrected chi connectivity index (χ4v) is 7.41. The van der Waals surface area contributed by atoms with Gasteiger partial charge in [-0.15, -0.1) is 19.3 Å². The van der Waals surface area contributed by atoms with E-state index >= 15 is 0 Å². The molecule has 23 heavy (non-hydrogen) atoms. The van der Waals surface area contributed by atoms with E-state index in [9.17, 15) is 0 Å². The van der Waals surface area contributed by atoms with Crippen LogP contribution in [0.1, 0.15) is 48.1 Å². The van der Waals surface area contributed by atoms with Crippen molar-refractivity contribution in [3.63, 3.8) is 0 Å². The van der Waals surface area contributed by atoms with Crippen molar-refractivity contribution in [3.05, 3.63) is 28.6 Å². The highest BCUT2D eigenvalue weighted by molar-refractivity contribution is 7.53. The molecular formula is C16H21N6P+2. The zero-order valence-electron chi connectivity index (χ0n) is 13.6. The van der Waals surface area contributed by atoms with Crippen LogP contribution in [0.2, 0.25) is 0 Å². The van der Waals surface area contributed by atoms with E-state index in [1.54, 1.807) is 0 Å². The summed E-state index contributed by atoms with van der Waals surface area (Å²) in [4.78, 5) is 4.66. The smallest absolute Gasteiger partial charge is 0.255 e. The molecule has 0 saturated carbocycles. The van der Waals surface area contributed by atoms with Gasteiger partial charge in [0.25, 0.3) is 0 Å². The third kappa shape index (κ3) is 1.57. The molecule has 1 spiro atoms. The third-order valence-electron chi connectivity index (χ3n) is 5.29. The van der Waals surface area contributed by atoms with Gasteiger partial charge in [-0.2, -0.15) is 4.57 Å². The van der Waals surface area contributed by atoms with Crippen LogP contribution in [0.4, 0.5) is 0 Å². The summed E-state index contributed by atoms with van der Waals surface area (Å²) in [6.07, 6.45) is 11.8. The minimum Gasteiger partial charge on any atom is -0.255 e. The molecule has 3 aliphatic heterocycles. The van der Waals surface area contributed by atoms with Crippen molar-refractivity contribution in [2.75, 3.05) is 13.1 Å². The van der Waals surface area contributed by atoms with E-state index < -0.39 is 7.53 Å². The standard InChI is InChI=1S/C16H21N6P/c1-12-18-19-15-11-21-8-6-4-3-5-7-20-10-14-9-17-13(2)23(14)16(20,21)22(12)15/h9-11H,3-8H2,1-2H3/q+2. The molecule has 2 unspecified atom stereocenters. The van der Waals surface area contributed by atoms with Crippen LogP contribution in [-0.4, -0.2) is 54.4 Å². The first-order valence-electron chi connectivity index (χ1n) is 8.43. The third-order valence-corrected chi connectivity index (χ3v) is 8.12. The monoisotopic (exact) mass is 328 g/mol.